The maximum Gasteiger partial charge on any atom is 0.274 e. The Morgan fingerprint density at radius 3 is 2.52 bits per heavy atom. The van der Waals surface area contributed by atoms with E-state index < -0.39 is 4.92 Å². The third-order valence-electron chi connectivity index (χ3n) is 3.26. The van der Waals surface area contributed by atoms with Crippen LogP contribution >= 0.6 is 24.0 Å². The summed E-state index contributed by atoms with van der Waals surface area (Å²) in [5.74, 6) is 1.29. The summed E-state index contributed by atoms with van der Waals surface area (Å²) in [4.78, 5) is 14.7. The molecule has 0 aliphatic rings. The number of guanidine groups is 1. The van der Waals surface area contributed by atoms with Crippen LogP contribution in [0.3, 0.4) is 0 Å². The fraction of sp³-hybridized carbons (Fsp3) is 0.188. The molecule has 3 N–H and O–H groups in total. The minimum Gasteiger partial charge on any atom is -0.493 e. The topological polar surface area (TPSA) is 112 Å². The van der Waals surface area contributed by atoms with Gasteiger partial charge in [0.05, 0.1) is 31.3 Å². The summed E-state index contributed by atoms with van der Waals surface area (Å²) < 4.78 is 10.4. The molecule has 2 rings (SSSR count). The fourth-order valence-electron chi connectivity index (χ4n) is 2.09. The van der Waals surface area contributed by atoms with E-state index >= 15 is 0 Å². The van der Waals surface area contributed by atoms with Gasteiger partial charge in [-0.1, -0.05) is 18.2 Å². The molecule has 8 nitrogen and oxygen atoms in total. The molecule has 0 amide bonds. The highest BCUT2D eigenvalue weighted by atomic mass is 127. The number of nitrogens with one attached hydrogen (secondary N) is 1. The molecule has 0 heterocycles. The van der Waals surface area contributed by atoms with Crippen molar-refractivity contribution in [3.8, 4) is 11.5 Å². The molecule has 0 fully saturated rings. The van der Waals surface area contributed by atoms with Crippen LogP contribution < -0.4 is 20.5 Å². The normalized spacial score (nSPS) is 10.6. The molecule has 0 atom stereocenters. The van der Waals surface area contributed by atoms with Crippen LogP contribution in [0.2, 0.25) is 0 Å². The highest BCUT2D eigenvalue weighted by Gasteiger charge is 2.11. The van der Waals surface area contributed by atoms with Crippen LogP contribution in [-0.2, 0) is 6.54 Å². The number of hydrogen-bond acceptors (Lipinski definition) is 5. The highest BCUT2D eigenvalue weighted by molar-refractivity contribution is 14.0. The molecule has 25 heavy (non-hydrogen) atoms. The molecule has 134 valence electrons. The number of rotatable bonds is 6. The molecule has 0 unspecified atom stereocenters. The van der Waals surface area contributed by atoms with Crippen molar-refractivity contribution in [2.24, 2.45) is 10.7 Å². The summed E-state index contributed by atoms with van der Waals surface area (Å²) in [5, 5.41) is 13.9. The van der Waals surface area contributed by atoms with Crippen molar-refractivity contribution >= 4 is 41.3 Å². The SMILES string of the molecule is COc1ccc(NC(N)=NCc2ccccc2[N+](=O)[O-])cc1OC.I. The number of nitrogens with zero attached hydrogens (tertiary/aromatic N) is 2. The van der Waals surface area contributed by atoms with Crippen molar-refractivity contribution in [1.82, 2.24) is 0 Å². The monoisotopic (exact) mass is 458 g/mol. The first-order valence-electron chi connectivity index (χ1n) is 7.06. The molecule has 0 spiro atoms. The lowest BCUT2D eigenvalue weighted by molar-refractivity contribution is -0.385. The van der Waals surface area contributed by atoms with Gasteiger partial charge in [0.15, 0.2) is 17.5 Å². The highest BCUT2D eigenvalue weighted by Crippen LogP contribution is 2.29. The van der Waals surface area contributed by atoms with E-state index in [0.29, 0.717) is 22.7 Å². The Labute approximate surface area is 162 Å². The number of nitro benzene ring substituents is 1. The Kier molecular flexibility index (Phi) is 7.92. The van der Waals surface area contributed by atoms with Crippen LogP contribution in [0.1, 0.15) is 5.56 Å². The Bertz CT molecular complexity index is 768. The van der Waals surface area contributed by atoms with E-state index in [1.54, 1.807) is 43.5 Å². The zero-order valence-electron chi connectivity index (χ0n) is 13.8. The number of benzene rings is 2. The zero-order chi connectivity index (χ0) is 17.5. The van der Waals surface area contributed by atoms with E-state index in [1.165, 1.54) is 13.2 Å². The summed E-state index contributed by atoms with van der Waals surface area (Å²) in [5.41, 5.74) is 7.00. The molecule has 0 aliphatic carbocycles. The number of nitrogens with two attached hydrogens (primary N) is 1. The lowest BCUT2D eigenvalue weighted by Gasteiger charge is -2.11. The van der Waals surface area contributed by atoms with Gasteiger partial charge in [-0.05, 0) is 12.1 Å². The summed E-state index contributed by atoms with van der Waals surface area (Å²) in [7, 11) is 3.08. The van der Waals surface area contributed by atoms with Gasteiger partial charge in [-0.3, -0.25) is 10.1 Å². The third kappa shape index (κ3) is 5.48. The van der Waals surface area contributed by atoms with Gasteiger partial charge in [0.1, 0.15) is 0 Å². The largest absolute Gasteiger partial charge is 0.493 e. The van der Waals surface area contributed by atoms with E-state index in [1.807, 2.05) is 0 Å². The zero-order valence-corrected chi connectivity index (χ0v) is 16.1. The van der Waals surface area contributed by atoms with Gasteiger partial charge in [-0.2, -0.15) is 0 Å². The molecule has 9 heteroatoms. The standard InChI is InChI=1S/C16H18N4O4.HI/c1-23-14-8-7-12(9-15(14)24-2)19-16(17)18-10-11-5-3-4-6-13(11)20(21)22;/h3-9H,10H2,1-2H3,(H3,17,18,19);1H. The molecule has 2 aromatic carbocycles. The molecule has 2 aromatic rings. The molecule has 0 saturated heterocycles. The third-order valence-corrected chi connectivity index (χ3v) is 3.26. The number of hydrogen-bond donors (Lipinski definition) is 2. The molecule has 0 bridgehead atoms. The van der Waals surface area contributed by atoms with E-state index in [0.717, 1.165) is 0 Å². The first-order valence-corrected chi connectivity index (χ1v) is 7.06. The number of nitro groups is 1. The van der Waals surface area contributed by atoms with E-state index in [2.05, 4.69) is 10.3 Å². The number of halogens is 1. The smallest absolute Gasteiger partial charge is 0.274 e. The van der Waals surface area contributed by atoms with Gasteiger partial charge in [0.25, 0.3) is 5.69 Å². The van der Waals surface area contributed by atoms with Crippen molar-refractivity contribution in [2.75, 3.05) is 19.5 Å². The Morgan fingerprint density at radius 2 is 1.88 bits per heavy atom. The van der Waals surface area contributed by atoms with E-state index in [4.69, 9.17) is 15.2 Å². The average Bonchev–Trinajstić information content (AvgIpc) is 2.60. The van der Waals surface area contributed by atoms with Gasteiger partial charge in [0, 0.05) is 17.8 Å². The Balaban J connectivity index is 0.00000312. The molecule has 0 radical (unpaired) electrons. The van der Waals surface area contributed by atoms with Crippen LogP contribution in [0.15, 0.2) is 47.5 Å². The van der Waals surface area contributed by atoms with Gasteiger partial charge >= 0.3 is 0 Å². The average molecular weight is 458 g/mol. The molecule has 0 saturated carbocycles. The van der Waals surface area contributed by atoms with Crippen molar-refractivity contribution in [3.63, 3.8) is 0 Å². The van der Waals surface area contributed by atoms with Crippen LogP contribution in [0.5, 0.6) is 11.5 Å². The van der Waals surface area contributed by atoms with Crippen LogP contribution in [0.4, 0.5) is 11.4 Å². The Hall–Kier alpha value is -2.56. The van der Waals surface area contributed by atoms with E-state index in [9.17, 15) is 10.1 Å². The quantitative estimate of drug-likeness (QED) is 0.226. The molecule has 0 aromatic heterocycles. The fourth-order valence-corrected chi connectivity index (χ4v) is 2.09. The summed E-state index contributed by atoms with van der Waals surface area (Å²) in [6, 6.07) is 11.6. The van der Waals surface area contributed by atoms with Crippen LogP contribution in [0.25, 0.3) is 0 Å². The minimum atomic E-state index is -0.442. The van der Waals surface area contributed by atoms with Crippen molar-refractivity contribution < 1.29 is 14.4 Å². The Morgan fingerprint density at radius 1 is 1.20 bits per heavy atom. The number of methoxy groups -OCH3 is 2. The van der Waals surface area contributed by atoms with Crippen LogP contribution in [0, 0.1) is 10.1 Å². The second kappa shape index (κ2) is 9.67. The number of ether oxygens (including phenoxy) is 2. The summed E-state index contributed by atoms with van der Waals surface area (Å²) in [6.07, 6.45) is 0. The summed E-state index contributed by atoms with van der Waals surface area (Å²) >= 11 is 0. The van der Waals surface area contributed by atoms with Crippen molar-refractivity contribution in [3.05, 3.63) is 58.1 Å². The molecular formula is C16H19IN4O4. The molecule has 0 aliphatic heterocycles. The predicted molar refractivity (Wildman–Crippen MR) is 107 cm³/mol. The maximum atomic E-state index is 11.0. The minimum absolute atomic E-state index is 0. The van der Waals surface area contributed by atoms with Gasteiger partial charge in [0.2, 0.25) is 0 Å². The summed E-state index contributed by atoms with van der Waals surface area (Å²) in [6.45, 7) is 0.100. The maximum absolute atomic E-state index is 11.0. The van der Waals surface area contributed by atoms with Crippen molar-refractivity contribution in [2.45, 2.75) is 6.54 Å². The van der Waals surface area contributed by atoms with Crippen LogP contribution in [-0.4, -0.2) is 25.1 Å². The first-order chi connectivity index (χ1) is 11.5. The van der Waals surface area contributed by atoms with Gasteiger partial charge < -0.3 is 20.5 Å². The lowest BCUT2D eigenvalue weighted by atomic mass is 10.2. The van der Waals surface area contributed by atoms with Gasteiger partial charge in [-0.25, -0.2) is 4.99 Å². The van der Waals surface area contributed by atoms with Crippen molar-refractivity contribution in [1.29, 1.82) is 0 Å². The second-order valence-electron chi connectivity index (χ2n) is 4.78. The number of para-hydroxylation sites is 1. The number of aliphatic imine (C=N–C) groups is 1. The van der Waals surface area contributed by atoms with Gasteiger partial charge in [-0.15, -0.1) is 24.0 Å². The predicted octanol–water partition coefficient (Wildman–Crippen LogP) is 3.16. The lowest BCUT2D eigenvalue weighted by Crippen LogP contribution is -2.22. The first kappa shape index (κ1) is 20.5. The molecular weight excluding hydrogens is 439 g/mol. The second-order valence-corrected chi connectivity index (χ2v) is 4.78. The van der Waals surface area contributed by atoms with E-state index in [-0.39, 0.29) is 42.2 Å². The number of anilines is 1.